The normalized spacial score (nSPS) is 14.1. The summed E-state index contributed by atoms with van der Waals surface area (Å²) in [7, 11) is -4.68. The molecule has 3 aromatic rings. The number of rotatable bonds is 43. The fourth-order valence-corrected chi connectivity index (χ4v) is 11.4. The van der Waals surface area contributed by atoms with E-state index in [1.54, 1.807) is 30.3 Å². The summed E-state index contributed by atoms with van der Waals surface area (Å²) in [4.78, 5) is 49.8. The summed E-state index contributed by atoms with van der Waals surface area (Å²) >= 11 is 5.54. The largest absolute Gasteiger partial charge is 0.508 e. The molecule has 15 nitrogen and oxygen atoms in total. The number of hydrogen-bond donors (Lipinski definition) is 5. The van der Waals surface area contributed by atoms with Crippen molar-refractivity contribution in [3.63, 3.8) is 0 Å². The molecule has 0 radical (unpaired) electrons. The highest BCUT2D eigenvalue weighted by Crippen LogP contribution is 2.57. The number of carbonyl (C=O) groups excluding carboxylic acids is 3. The lowest BCUT2D eigenvalue weighted by Gasteiger charge is -2.36. The third kappa shape index (κ3) is 23.3. The maximum Gasteiger partial charge on any atom is 0.472 e. The Balaban J connectivity index is 1.03. The molecular formula is C62H93N2O13PS. The smallest absolute Gasteiger partial charge is 0.472 e. The van der Waals surface area contributed by atoms with Crippen molar-refractivity contribution in [3.05, 3.63) is 76.9 Å². The van der Waals surface area contributed by atoms with Crippen molar-refractivity contribution in [1.82, 2.24) is 5.32 Å². The number of hydrogen-bond acceptors (Lipinski definition) is 13. The van der Waals surface area contributed by atoms with E-state index in [1.165, 1.54) is 166 Å². The first-order valence-electron chi connectivity index (χ1n) is 30.1. The Bertz CT molecular complexity index is 2310. The zero-order chi connectivity index (χ0) is 56.6. The average molecular weight is 1140 g/mol. The molecule has 0 bridgehead atoms. The molecule has 0 aromatic heterocycles. The van der Waals surface area contributed by atoms with E-state index in [1.807, 2.05) is 0 Å². The van der Waals surface area contributed by atoms with Crippen LogP contribution < -0.4 is 15.4 Å². The van der Waals surface area contributed by atoms with Gasteiger partial charge in [-0.15, -0.1) is 0 Å². The molecule has 1 unspecified atom stereocenters. The zero-order valence-electron chi connectivity index (χ0n) is 47.5. The predicted molar refractivity (Wildman–Crippen MR) is 314 cm³/mol. The SMILES string of the molecule is CCCCCCCCCCCCCCCCCC(=O)OC[C@H](COP(=O)(O)OCCNC(=S)Nc1ccc2c(c1)C1(OC2=O)c2ccc(O)cc2Oc2cc(O)ccc21)OC(=O)CCCCCCCCCCCCCCCCC. The molecule has 0 aliphatic carbocycles. The number of carbonyl (C=O) groups is 3. The highest BCUT2D eigenvalue weighted by molar-refractivity contribution is 7.80. The Hall–Kier alpha value is -4.73. The van der Waals surface area contributed by atoms with Crippen molar-refractivity contribution in [1.29, 1.82) is 0 Å². The molecule has 440 valence electrons. The van der Waals surface area contributed by atoms with Crippen LogP contribution in [-0.4, -0.2) is 70.6 Å². The lowest BCUT2D eigenvalue weighted by atomic mass is 9.77. The van der Waals surface area contributed by atoms with Crippen LogP contribution in [0.5, 0.6) is 23.0 Å². The number of unbranched alkanes of at least 4 members (excludes halogenated alkanes) is 28. The molecule has 2 heterocycles. The third-order valence-corrected chi connectivity index (χ3v) is 16.0. The fraction of sp³-hybridized carbons (Fsp3) is 0.645. The molecule has 0 amide bonds. The van der Waals surface area contributed by atoms with E-state index in [4.69, 9.17) is 40.2 Å². The summed E-state index contributed by atoms with van der Waals surface area (Å²) in [6.45, 7) is 3.31. The summed E-state index contributed by atoms with van der Waals surface area (Å²) in [6, 6.07) is 13.9. The number of fused-ring (bicyclic) bond motifs is 6. The number of thiocarbonyl (C=S) groups is 1. The van der Waals surface area contributed by atoms with E-state index in [0.717, 1.165) is 38.5 Å². The van der Waals surface area contributed by atoms with Gasteiger partial charge in [-0.1, -0.05) is 194 Å². The number of esters is 3. The molecule has 79 heavy (non-hydrogen) atoms. The summed E-state index contributed by atoms with van der Waals surface area (Å²) in [6.07, 6.45) is 35.6. The first-order chi connectivity index (χ1) is 38.3. The van der Waals surface area contributed by atoms with Crippen LogP contribution in [0.4, 0.5) is 5.69 Å². The van der Waals surface area contributed by atoms with Crippen LogP contribution in [0.1, 0.15) is 246 Å². The van der Waals surface area contributed by atoms with Crippen LogP contribution >= 0.6 is 20.0 Å². The first-order valence-corrected chi connectivity index (χ1v) is 32.0. The second-order valence-electron chi connectivity index (χ2n) is 21.5. The Morgan fingerprint density at radius 1 is 0.595 bits per heavy atom. The lowest BCUT2D eigenvalue weighted by molar-refractivity contribution is -0.161. The second kappa shape index (κ2) is 36.6. The fourth-order valence-electron chi connectivity index (χ4n) is 10.4. The lowest BCUT2D eigenvalue weighted by Crippen LogP contribution is -2.33. The van der Waals surface area contributed by atoms with Crippen molar-refractivity contribution >= 4 is 48.7 Å². The molecule has 0 saturated carbocycles. The average Bonchev–Trinajstić information content (AvgIpc) is 4.00. The van der Waals surface area contributed by atoms with Gasteiger partial charge in [-0.2, -0.15) is 0 Å². The Labute approximate surface area is 476 Å². The van der Waals surface area contributed by atoms with E-state index in [-0.39, 0.29) is 60.7 Å². The van der Waals surface area contributed by atoms with Crippen molar-refractivity contribution < 1.29 is 62.1 Å². The van der Waals surface area contributed by atoms with Crippen LogP contribution in [-0.2, 0) is 43.0 Å². The van der Waals surface area contributed by atoms with Gasteiger partial charge in [-0.25, -0.2) is 9.36 Å². The van der Waals surface area contributed by atoms with Crippen LogP contribution in [0.2, 0.25) is 0 Å². The van der Waals surface area contributed by atoms with Crippen molar-refractivity contribution in [3.8, 4) is 23.0 Å². The first kappa shape index (κ1) is 65.1. The van der Waals surface area contributed by atoms with E-state index in [2.05, 4.69) is 24.5 Å². The van der Waals surface area contributed by atoms with E-state index in [0.29, 0.717) is 40.8 Å². The number of ether oxygens (including phenoxy) is 4. The number of phenolic OH excluding ortho intramolecular Hbond substituents is 2. The van der Waals surface area contributed by atoms with Gasteiger partial charge in [0, 0.05) is 53.9 Å². The minimum Gasteiger partial charge on any atom is -0.508 e. The monoisotopic (exact) mass is 1140 g/mol. The number of phenols is 2. The standard InChI is InChI=1S/C62H93N2O13PS/c1-3-5-7-9-11-13-15-17-19-21-23-25-27-29-31-33-58(67)72-46-51(75-59(68)34-32-30-28-26-24-22-20-18-16-14-12-10-8-6-4-2)47-74-78(70,71)73-42-41-63-61(79)64-48-35-38-52-55(43-48)62(77-60(52)69)53-39-36-49(65)44-56(53)76-57-45-50(66)37-40-54(57)62/h35-40,43-45,51,65-66H,3-34,41-42,46-47H2,1-2H3,(H,70,71)(H2,63,64,79)/t51-/m1/s1. The van der Waals surface area contributed by atoms with Crippen molar-refractivity contribution in [2.75, 3.05) is 31.7 Å². The molecule has 3 aromatic carbocycles. The molecule has 5 N–H and O–H groups in total. The number of anilines is 1. The maximum absolute atomic E-state index is 13.4. The van der Waals surface area contributed by atoms with Crippen LogP contribution in [0, 0.1) is 0 Å². The second-order valence-corrected chi connectivity index (χ2v) is 23.3. The molecule has 0 saturated heterocycles. The summed E-state index contributed by atoms with van der Waals surface area (Å²) < 4.78 is 47.0. The number of phosphoric acid groups is 1. The van der Waals surface area contributed by atoms with Gasteiger partial charge < -0.3 is 44.7 Å². The number of benzene rings is 3. The van der Waals surface area contributed by atoms with Gasteiger partial charge in [0.05, 0.1) is 18.8 Å². The minimum absolute atomic E-state index is 0.0180. The van der Waals surface area contributed by atoms with Gasteiger partial charge in [-0.3, -0.25) is 18.6 Å². The Morgan fingerprint density at radius 2 is 1.05 bits per heavy atom. The maximum atomic E-state index is 13.4. The van der Waals surface area contributed by atoms with Gasteiger partial charge >= 0.3 is 25.7 Å². The molecule has 1 spiro atoms. The van der Waals surface area contributed by atoms with Crippen molar-refractivity contribution in [2.45, 2.75) is 231 Å². The minimum atomic E-state index is -4.68. The number of nitrogens with one attached hydrogen (secondary N) is 2. The summed E-state index contributed by atoms with van der Waals surface area (Å²) in [5.74, 6) is -1.16. The molecule has 2 aliphatic heterocycles. The van der Waals surface area contributed by atoms with Gasteiger partial charge in [0.2, 0.25) is 0 Å². The highest BCUT2D eigenvalue weighted by Gasteiger charge is 2.54. The van der Waals surface area contributed by atoms with E-state index < -0.39 is 44.0 Å². The third-order valence-electron chi connectivity index (χ3n) is 14.8. The number of phosphoric ester groups is 1. The molecular weight excluding hydrogens is 1040 g/mol. The quantitative estimate of drug-likeness (QED) is 0.0117. The molecule has 2 atom stereocenters. The summed E-state index contributed by atoms with van der Waals surface area (Å²) in [5.41, 5.74) is 0.699. The van der Waals surface area contributed by atoms with Crippen LogP contribution in [0.3, 0.4) is 0 Å². The van der Waals surface area contributed by atoms with Crippen LogP contribution in [0.15, 0.2) is 54.6 Å². The van der Waals surface area contributed by atoms with Crippen molar-refractivity contribution in [2.24, 2.45) is 0 Å². The Morgan fingerprint density at radius 3 is 1.53 bits per heavy atom. The molecule has 17 heteroatoms. The van der Waals surface area contributed by atoms with Gasteiger partial charge in [0.1, 0.15) is 29.6 Å². The van der Waals surface area contributed by atoms with Gasteiger partial charge in [0.25, 0.3) is 0 Å². The number of aromatic hydroxyl groups is 2. The van der Waals surface area contributed by atoms with Crippen LogP contribution in [0.25, 0.3) is 0 Å². The van der Waals surface area contributed by atoms with E-state index in [9.17, 15) is 34.1 Å². The zero-order valence-corrected chi connectivity index (χ0v) is 49.2. The predicted octanol–water partition coefficient (Wildman–Crippen LogP) is 16.1. The molecule has 5 rings (SSSR count). The molecule has 0 fully saturated rings. The highest BCUT2D eigenvalue weighted by atomic mass is 32.1. The van der Waals surface area contributed by atoms with E-state index >= 15 is 0 Å². The molecule has 2 aliphatic rings. The topological polar surface area (TPSA) is 208 Å². The van der Waals surface area contributed by atoms with Gasteiger partial charge in [0.15, 0.2) is 16.8 Å². The van der Waals surface area contributed by atoms with Gasteiger partial charge in [-0.05, 0) is 67.5 Å². The summed E-state index contributed by atoms with van der Waals surface area (Å²) in [5, 5.41) is 26.7. The Kier molecular flexibility index (Phi) is 30.1.